The van der Waals surface area contributed by atoms with Crippen LogP contribution in [-0.2, 0) is 0 Å². The zero-order chi connectivity index (χ0) is 9.26. The predicted octanol–water partition coefficient (Wildman–Crippen LogP) is 2.63. The van der Waals surface area contributed by atoms with Gasteiger partial charge < -0.3 is 10.3 Å². The summed E-state index contributed by atoms with van der Waals surface area (Å²) in [6, 6.07) is 9.67. The van der Waals surface area contributed by atoms with Crippen LogP contribution in [0.3, 0.4) is 0 Å². The third-order valence-electron chi connectivity index (χ3n) is 1.77. The maximum absolute atomic E-state index is 10.6. The van der Waals surface area contributed by atoms with Crippen molar-refractivity contribution >= 4 is 34.6 Å². The first-order chi connectivity index (χ1) is 6.25. The van der Waals surface area contributed by atoms with E-state index in [9.17, 15) is 4.79 Å². The number of para-hydroxylation sites is 1. The average Bonchev–Trinajstić information content (AvgIpc) is 2.44. The van der Waals surface area contributed by atoms with Crippen LogP contribution < -0.4 is 5.32 Å². The van der Waals surface area contributed by atoms with Gasteiger partial charge in [-0.05, 0) is 12.1 Å². The molecule has 13 heavy (non-hydrogen) atoms. The van der Waals surface area contributed by atoms with E-state index in [1.54, 1.807) is 0 Å². The van der Waals surface area contributed by atoms with Crippen molar-refractivity contribution in [3.63, 3.8) is 0 Å². The van der Waals surface area contributed by atoms with Crippen molar-refractivity contribution in [1.29, 1.82) is 0 Å². The Labute approximate surface area is 80.6 Å². The van der Waals surface area contributed by atoms with Gasteiger partial charge in [0.25, 0.3) is 5.24 Å². The molecule has 2 rings (SSSR count). The highest BCUT2D eigenvalue weighted by molar-refractivity contribution is 7.96. The second-order valence-corrected chi connectivity index (χ2v) is 3.11. The number of H-pyrrole nitrogens is 1. The van der Waals surface area contributed by atoms with Crippen molar-refractivity contribution in [2.45, 2.75) is 0 Å². The fraction of sp³-hybridized carbons (Fsp3) is 0. The molecule has 0 bridgehead atoms. The molecule has 0 unspecified atom stereocenters. The molecule has 0 aliphatic carbocycles. The molecular weight excluding hydrogens is 184 g/mol. The Hall–Kier alpha value is -1.42. The number of aromatic amines is 1. The van der Waals surface area contributed by atoms with E-state index in [-0.39, 0.29) is 5.24 Å². The van der Waals surface area contributed by atoms with Gasteiger partial charge in [0.1, 0.15) is 5.82 Å². The summed E-state index contributed by atoms with van der Waals surface area (Å²) >= 11 is 3.62. The van der Waals surface area contributed by atoms with E-state index in [0.717, 1.165) is 10.9 Å². The second kappa shape index (κ2) is 3.14. The van der Waals surface area contributed by atoms with Gasteiger partial charge in [0.15, 0.2) is 0 Å². The number of hydrogen-bond donors (Lipinski definition) is 3. The number of nitrogens with one attached hydrogen (secondary N) is 2. The van der Waals surface area contributed by atoms with Crippen LogP contribution in [0.15, 0.2) is 30.3 Å². The Bertz CT molecular complexity index is 417. The van der Waals surface area contributed by atoms with Crippen LogP contribution in [-0.4, -0.2) is 10.2 Å². The lowest BCUT2D eigenvalue weighted by Crippen LogP contribution is -2.00. The van der Waals surface area contributed by atoms with E-state index in [1.807, 2.05) is 30.3 Å². The summed E-state index contributed by atoms with van der Waals surface area (Å²) in [4.78, 5) is 13.7. The summed E-state index contributed by atoms with van der Waals surface area (Å²) in [6.07, 6.45) is 0. The highest BCUT2D eigenvalue weighted by atomic mass is 32.1. The number of aromatic nitrogens is 1. The summed E-state index contributed by atoms with van der Waals surface area (Å²) in [5.41, 5.74) is 1.000. The van der Waals surface area contributed by atoms with Crippen molar-refractivity contribution < 1.29 is 4.79 Å². The summed E-state index contributed by atoms with van der Waals surface area (Å²) in [7, 11) is 0. The van der Waals surface area contributed by atoms with Crippen LogP contribution >= 0.6 is 12.6 Å². The van der Waals surface area contributed by atoms with Gasteiger partial charge in [-0.15, -0.1) is 0 Å². The standard InChI is InChI=1S/C9H8N2OS/c12-9(13)11-8-5-6-3-1-2-4-7(6)10-8/h1-5,10H,(H2,11,12,13). The third-order valence-corrected chi connectivity index (χ3v) is 1.88. The lowest BCUT2D eigenvalue weighted by molar-refractivity contribution is 0.270. The molecule has 2 aromatic rings. The number of amides is 1. The maximum atomic E-state index is 10.6. The maximum Gasteiger partial charge on any atom is 0.281 e. The van der Waals surface area contributed by atoms with E-state index < -0.39 is 0 Å². The Morgan fingerprint density at radius 2 is 2.15 bits per heavy atom. The van der Waals surface area contributed by atoms with E-state index in [1.165, 1.54) is 0 Å². The van der Waals surface area contributed by atoms with Crippen LogP contribution in [0.25, 0.3) is 10.9 Å². The molecular formula is C9H8N2OS. The van der Waals surface area contributed by atoms with Crippen molar-refractivity contribution in [3.8, 4) is 0 Å². The summed E-state index contributed by atoms with van der Waals surface area (Å²) < 4.78 is 0. The fourth-order valence-corrected chi connectivity index (χ4v) is 1.38. The quantitative estimate of drug-likeness (QED) is 0.597. The molecule has 66 valence electrons. The number of rotatable bonds is 1. The molecule has 0 spiro atoms. The SMILES string of the molecule is O=C(S)Nc1cc2ccccc2[nH]1. The molecule has 0 aliphatic heterocycles. The average molecular weight is 192 g/mol. The van der Waals surface area contributed by atoms with Gasteiger partial charge >= 0.3 is 0 Å². The number of carbonyl (C=O) groups excluding carboxylic acids is 1. The smallest absolute Gasteiger partial charge is 0.281 e. The lowest BCUT2D eigenvalue weighted by Gasteiger charge is -1.93. The Balaban J connectivity index is 2.44. The molecule has 3 nitrogen and oxygen atoms in total. The molecule has 0 radical (unpaired) electrons. The number of benzene rings is 1. The van der Waals surface area contributed by atoms with Gasteiger partial charge in [0.05, 0.1) is 0 Å². The van der Waals surface area contributed by atoms with E-state index in [0.29, 0.717) is 5.82 Å². The Morgan fingerprint density at radius 3 is 2.85 bits per heavy atom. The summed E-state index contributed by atoms with van der Waals surface area (Å²) in [6.45, 7) is 0. The molecule has 1 amide bonds. The lowest BCUT2D eigenvalue weighted by atomic mass is 10.2. The van der Waals surface area contributed by atoms with Crippen molar-refractivity contribution in [2.75, 3.05) is 5.32 Å². The molecule has 1 aromatic carbocycles. The minimum Gasteiger partial charge on any atom is -0.341 e. The topological polar surface area (TPSA) is 44.9 Å². The van der Waals surface area contributed by atoms with Gasteiger partial charge in [0.2, 0.25) is 0 Å². The molecule has 0 atom stereocenters. The van der Waals surface area contributed by atoms with Crippen molar-refractivity contribution in [3.05, 3.63) is 30.3 Å². The van der Waals surface area contributed by atoms with Crippen LogP contribution in [0.1, 0.15) is 0 Å². The Morgan fingerprint density at radius 1 is 1.38 bits per heavy atom. The zero-order valence-electron chi connectivity index (χ0n) is 6.74. The van der Waals surface area contributed by atoms with Gasteiger partial charge in [-0.2, -0.15) is 0 Å². The first-order valence-corrected chi connectivity index (χ1v) is 4.28. The van der Waals surface area contributed by atoms with Crippen molar-refractivity contribution in [1.82, 2.24) is 4.98 Å². The monoisotopic (exact) mass is 192 g/mol. The first kappa shape index (κ1) is 8.19. The van der Waals surface area contributed by atoms with Gasteiger partial charge in [-0.1, -0.05) is 30.8 Å². The number of carbonyl (C=O) groups is 1. The fourth-order valence-electron chi connectivity index (χ4n) is 1.26. The first-order valence-electron chi connectivity index (χ1n) is 3.83. The summed E-state index contributed by atoms with van der Waals surface area (Å²) in [5, 5.41) is 3.26. The number of fused-ring (bicyclic) bond motifs is 1. The van der Waals surface area contributed by atoms with Crippen LogP contribution in [0.5, 0.6) is 0 Å². The van der Waals surface area contributed by atoms with Gasteiger partial charge in [-0.25, -0.2) is 0 Å². The molecule has 1 aromatic heterocycles. The summed E-state index contributed by atoms with van der Waals surface area (Å²) in [5.74, 6) is 0.668. The molecule has 0 fully saturated rings. The number of hydrogen-bond acceptors (Lipinski definition) is 1. The second-order valence-electron chi connectivity index (χ2n) is 2.70. The van der Waals surface area contributed by atoms with Crippen molar-refractivity contribution in [2.24, 2.45) is 0 Å². The largest absolute Gasteiger partial charge is 0.341 e. The van der Waals surface area contributed by atoms with Crippen LogP contribution in [0, 0.1) is 0 Å². The Kier molecular flexibility index (Phi) is 1.98. The normalized spacial score (nSPS) is 10.2. The van der Waals surface area contributed by atoms with Crippen LogP contribution in [0.2, 0.25) is 0 Å². The molecule has 0 saturated carbocycles. The number of thiol groups is 1. The highest BCUT2D eigenvalue weighted by Crippen LogP contribution is 2.17. The zero-order valence-corrected chi connectivity index (χ0v) is 7.64. The molecule has 1 heterocycles. The van der Waals surface area contributed by atoms with E-state index in [2.05, 4.69) is 22.9 Å². The molecule has 4 heteroatoms. The predicted molar refractivity (Wildman–Crippen MR) is 56.3 cm³/mol. The minimum atomic E-state index is -0.369. The van der Waals surface area contributed by atoms with Gasteiger partial charge in [0, 0.05) is 10.9 Å². The highest BCUT2D eigenvalue weighted by Gasteiger charge is 2.00. The molecule has 2 N–H and O–H groups in total. The minimum absolute atomic E-state index is 0.369. The molecule has 0 aliphatic rings. The number of anilines is 1. The van der Waals surface area contributed by atoms with Gasteiger partial charge in [-0.3, -0.25) is 4.79 Å². The van der Waals surface area contributed by atoms with E-state index in [4.69, 9.17) is 0 Å². The van der Waals surface area contributed by atoms with Crippen LogP contribution in [0.4, 0.5) is 10.6 Å². The third kappa shape index (κ3) is 1.67. The molecule has 0 saturated heterocycles. The van der Waals surface area contributed by atoms with E-state index >= 15 is 0 Å².